The van der Waals surface area contributed by atoms with E-state index in [1.165, 1.54) is 32.3 Å². The van der Waals surface area contributed by atoms with Gasteiger partial charge in [0.25, 0.3) is 11.8 Å². The number of anilines is 1. The molecule has 1 saturated heterocycles. The van der Waals surface area contributed by atoms with Crippen LogP contribution in [0.2, 0.25) is 15.1 Å². The van der Waals surface area contributed by atoms with Crippen LogP contribution in [0.3, 0.4) is 0 Å². The van der Waals surface area contributed by atoms with Crippen molar-refractivity contribution < 1.29 is 19.1 Å². The van der Waals surface area contributed by atoms with Gasteiger partial charge in [0.15, 0.2) is 22.5 Å². The Labute approximate surface area is 192 Å². The molecule has 0 unspecified atom stereocenters. The second-order valence-corrected chi connectivity index (χ2v) is 7.91. The summed E-state index contributed by atoms with van der Waals surface area (Å²) in [6.07, 6.45) is 0. The number of thiocarbonyl (C=S) groups is 1. The van der Waals surface area contributed by atoms with E-state index in [1.54, 1.807) is 18.2 Å². The summed E-state index contributed by atoms with van der Waals surface area (Å²) in [5.74, 6) is -3.62. The monoisotopic (exact) mass is 485 g/mol. The number of rotatable bonds is 4. The molecule has 1 aliphatic heterocycles. The number of carbonyl (C=O) groups excluding carboxylic acids is 3. The maximum Gasteiger partial charge on any atom is 0.250 e. The minimum atomic E-state index is -1.60. The van der Waals surface area contributed by atoms with Crippen LogP contribution in [0.15, 0.2) is 36.4 Å². The second kappa shape index (κ2) is 8.77. The molecule has 1 fully saturated rings. The smallest absolute Gasteiger partial charge is 0.250 e. The maximum absolute atomic E-state index is 12.8. The lowest BCUT2D eigenvalue weighted by molar-refractivity contribution is -0.149. The van der Waals surface area contributed by atoms with Crippen molar-refractivity contribution in [3.63, 3.8) is 0 Å². The molecule has 1 N–H and O–H groups in total. The molecule has 3 rings (SSSR count). The predicted molar refractivity (Wildman–Crippen MR) is 118 cm³/mol. The summed E-state index contributed by atoms with van der Waals surface area (Å²) >= 11 is 23.4. The zero-order valence-electron chi connectivity index (χ0n) is 15.6. The van der Waals surface area contributed by atoms with Crippen molar-refractivity contribution in [3.8, 4) is 11.5 Å². The number of ether oxygens (including phenoxy) is 1. The van der Waals surface area contributed by atoms with Crippen molar-refractivity contribution in [2.75, 3.05) is 19.4 Å². The zero-order valence-corrected chi connectivity index (χ0v) is 18.7. The van der Waals surface area contributed by atoms with E-state index >= 15 is 0 Å². The third kappa shape index (κ3) is 4.22. The van der Waals surface area contributed by atoms with Crippen LogP contribution < -0.4 is 10.1 Å². The summed E-state index contributed by atoms with van der Waals surface area (Å²) < 4.78 is 5.78. The van der Waals surface area contributed by atoms with Crippen molar-refractivity contribution >= 4 is 75.5 Å². The Bertz CT molecular complexity index is 1030. The largest absolute Gasteiger partial charge is 0.452 e. The number of nitrogens with zero attached hydrogens (tertiary/aromatic N) is 2. The highest BCUT2D eigenvalue weighted by molar-refractivity contribution is 7.80. The highest BCUT2D eigenvalue weighted by Gasteiger charge is 2.45. The lowest BCUT2D eigenvalue weighted by Gasteiger charge is -2.34. The minimum absolute atomic E-state index is 0.0120. The summed E-state index contributed by atoms with van der Waals surface area (Å²) in [5, 5.41) is 3.36. The van der Waals surface area contributed by atoms with Gasteiger partial charge >= 0.3 is 0 Å². The van der Waals surface area contributed by atoms with Crippen LogP contribution in [-0.4, -0.2) is 46.7 Å². The molecule has 0 spiro atoms. The van der Waals surface area contributed by atoms with Gasteiger partial charge in [-0.05, 0) is 36.5 Å². The van der Waals surface area contributed by atoms with E-state index in [4.69, 9.17) is 51.8 Å². The molecule has 0 aliphatic carbocycles. The molecule has 156 valence electrons. The average Bonchev–Trinajstić information content (AvgIpc) is 2.70. The summed E-state index contributed by atoms with van der Waals surface area (Å²) in [5.41, 5.74) is 0.166. The molecule has 1 heterocycles. The van der Waals surface area contributed by atoms with Crippen molar-refractivity contribution in [2.24, 2.45) is 5.92 Å². The van der Waals surface area contributed by atoms with Gasteiger partial charge in [0, 0.05) is 25.2 Å². The lowest BCUT2D eigenvalue weighted by Crippen LogP contribution is -2.59. The molecule has 0 bridgehead atoms. The van der Waals surface area contributed by atoms with E-state index in [9.17, 15) is 14.4 Å². The van der Waals surface area contributed by atoms with Crippen molar-refractivity contribution in [3.05, 3.63) is 51.5 Å². The normalized spacial score (nSPS) is 14.9. The zero-order chi connectivity index (χ0) is 22.2. The van der Waals surface area contributed by atoms with Gasteiger partial charge in [-0.2, -0.15) is 0 Å². The van der Waals surface area contributed by atoms with Gasteiger partial charge in [0.1, 0.15) is 0 Å². The van der Waals surface area contributed by atoms with Crippen LogP contribution in [0.4, 0.5) is 5.69 Å². The first kappa shape index (κ1) is 22.3. The quantitative estimate of drug-likeness (QED) is 0.517. The number of carbonyl (C=O) groups is 3. The Hall–Kier alpha value is -2.39. The lowest BCUT2D eigenvalue weighted by atomic mass is 10.0. The van der Waals surface area contributed by atoms with Crippen LogP contribution in [-0.2, 0) is 14.4 Å². The van der Waals surface area contributed by atoms with Gasteiger partial charge < -0.3 is 10.1 Å². The number of halogens is 3. The third-order valence-corrected chi connectivity index (χ3v) is 5.70. The molecule has 2 aromatic rings. The van der Waals surface area contributed by atoms with E-state index < -0.39 is 23.6 Å². The Morgan fingerprint density at radius 1 is 1.03 bits per heavy atom. The van der Waals surface area contributed by atoms with E-state index in [1.807, 2.05) is 0 Å². The van der Waals surface area contributed by atoms with Gasteiger partial charge in [0.05, 0.1) is 15.7 Å². The number of para-hydroxylation sites is 1. The Balaban J connectivity index is 1.92. The average molecular weight is 487 g/mol. The Morgan fingerprint density at radius 2 is 1.60 bits per heavy atom. The van der Waals surface area contributed by atoms with Crippen LogP contribution in [0.25, 0.3) is 0 Å². The first-order valence-electron chi connectivity index (χ1n) is 8.43. The molecule has 7 nitrogen and oxygen atoms in total. The van der Waals surface area contributed by atoms with Crippen LogP contribution in [0.1, 0.15) is 0 Å². The molecular weight excluding hydrogens is 473 g/mol. The molecule has 0 atom stereocenters. The second-order valence-electron chi connectivity index (χ2n) is 6.29. The Kier molecular flexibility index (Phi) is 6.52. The summed E-state index contributed by atoms with van der Waals surface area (Å²) in [6, 6.07) is 9.23. The molecule has 30 heavy (non-hydrogen) atoms. The Morgan fingerprint density at radius 3 is 2.17 bits per heavy atom. The first-order chi connectivity index (χ1) is 14.1. The molecular formula is C19H14Cl3N3O4S. The number of hydrogen-bond donors (Lipinski definition) is 1. The first-order valence-corrected chi connectivity index (χ1v) is 9.97. The van der Waals surface area contributed by atoms with E-state index in [0.717, 1.165) is 9.80 Å². The molecule has 1 aliphatic rings. The number of hydrogen-bond acceptors (Lipinski definition) is 5. The molecule has 2 aromatic carbocycles. The van der Waals surface area contributed by atoms with Crippen LogP contribution >= 0.6 is 47.0 Å². The van der Waals surface area contributed by atoms with Crippen LogP contribution in [0, 0.1) is 5.92 Å². The predicted octanol–water partition coefficient (Wildman–Crippen LogP) is 4.21. The fourth-order valence-corrected chi connectivity index (χ4v) is 3.53. The minimum Gasteiger partial charge on any atom is -0.452 e. The molecule has 0 aromatic heterocycles. The number of nitrogens with one attached hydrogen (secondary N) is 1. The van der Waals surface area contributed by atoms with E-state index in [0.29, 0.717) is 5.02 Å². The highest BCUT2D eigenvalue weighted by Crippen LogP contribution is 2.39. The van der Waals surface area contributed by atoms with Gasteiger partial charge in [-0.15, -0.1) is 0 Å². The molecule has 3 amide bonds. The van der Waals surface area contributed by atoms with Crippen molar-refractivity contribution in [2.45, 2.75) is 0 Å². The van der Waals surface area contributed by atoms with E-state index in [-0.39, 0.29) is 32.3 Å². The van der Waals surface area contributed by atoms with Crippen molar-refractivity contribution in [1.82, 2.24) is 9.80 Å². The fraction of sp³-hybridized carbons (Fsp3) is 0.158. The van der Waals surface area contributed by atoms with Gasteiger partial charge in [-0.1, -0.05) is 40.9 Å². The number of benzene rings is 2. The van der Waals surface area contributed by atoms with Gasteiger partial charge in [-0.3, -0.25) is 24.2 Å². The maximum atomic E-state index is 12.8. The molecule has 0 radical (unpaired) electrons. The number of amides is 3. The topological polar surface area (TPSA) is 79.0 Å². The summed E-state index contributed by atoms with van der Waals surface area (Å²) in [6.45, 7) is 0. The molecule has 11 heteroatoms. The van der Waals surface area contributed by atoms with Crippen molar-refractivity contribution in [1.29, 1.82) is 0 Å². The SMILES string of the molecule is CN1C(=O)C(C(=O)Nc2ccc(Cl)cc2Oc2c(Cl)cccc2Cl)C(=O)N(C)C1=S. The standard InChI is InChI=1S/C19H14Cl3N3O4S/c1-24-17(27)14(18(28)25(2)19(24)30)16(26)23-12-7-6-9(20)8-13(12)29-15-10(21)4-3-5-11(15)22/h3-8,14H,1-2H3,(H,23,26). The fourth-order valence-electron chi connectivity index (χ4n) is 2.71. The summed E-state index contributed by atoms with van der Waals surface area (Å²) in [4.78, 5) is 39.9. The summed E-state index contributed by atoms with van der Waals surface area (Å²) in [7, 11) is 2.79. The van der Waals surface area contributed by atoms with Gasteiger partial charge in [-0.25, -0.2) is 0 Å². The van der Waals surface area contributed by atoms with E-state index in [2.05, 4.69) is 5.32 Å². The molecule has 0 saturated carbocycles. The van der Waals surface area contributed by atoms with Gasteiger partial charge in [0.2, 0.25) is 5.91 Å². The third-order valence-electron chi connectivity index (χ3n) is 4.32. The van der Waals surface area contributed by atoms with Crippen LogP contribution in [0.5, 0.6) is 11.5 Å². The highest BCUT2D eigenvalue weighted by atomic mass is 35.5.